The van der Waals surface area contributed by atoms with Gasteiger partial charge in [-0.15, -0.1) is 0 Å². The summed E-state index contributed by atoms with van der Waals surface area (Å²) in [4.78, 5) is 15.7. The van der Waals surface area contributed by atoms with Crippen LogP contribution in [0.15, 0.2) is 24.4 Å². The second-order valence-corrected chi connectivity index (χ2v) is 7.59. The Balaban J connectivity index is 2.95. The van der Waals surface area contributed by atoms with Crippen molar-refractivity contribution in [2.24, 2.45) is 5.73 Å². The number of nitrogens with zero attached hydrogens (tertiary/aromatic N) is 1. The van der Waals surface area contributed by atoms with E-state index in [-0.39, 0.29) is 0 Å². The van der Waals surface area contributed by atoms with Crippen molar-refractivity contribution in [3.63, 3.8) is 0 Å². The standard InChI is InChI=1S/C15H27N3O4Si/c1-4-20-23(21-5-2,22-6-3)14(18-15(16)19)11-10-13-9-7-8-12-17-13/h7-9,12,14H,4-6,10-11H2,1-3H3,(H3,16,18,19). The molecule has 0 aliphatic carbocycles. The van der Waals surface area contributed by atoms with Crippen LogP contribution < -0.4 is 11.1 Å². The van der Waals surface area contributed by atoms with Crippen molar-refractivity contribution in [3.05, 3.63) is 30.1 Å². The van der Waals surface area contributed by atoms with Crippen LogP contribution >= 0.6 is 0 Å². The minimum Gasteiger partial charge on any atom is -0.373 e. The predicted molar refractivity (Wildman–Crippen MR) is 89.7 cm³/mol. The lowest BCUT2D eigenvalue weighted by molar-refractivity contribution is 0.0580. The summed E-state index contributed by atoms with van der Waals surface area (Å²) in [6.07, 6.45) is 2.98. The summed E-state index contributed by atoms with van der Waals surface area (Å²) < 4.78 is 17.6. The SMILES string of the molecule is CCO[Si](OCC)(OCC)C(CCc1ccccn1)NC(N)=O. The zero-order valence-corrected chi connectivity index (χ0v) is 15.1. The van der Waals surface area contributed by atoms with E-state index in [4.69, 9.17) is 19.0 Å². The van der Waals surface area contributed by atoms with Crippen molar-refractivity contribution in [3.8, 4) is 0 Å². The smallest absolute Gasteiger partial charge is 0.373 e. The molecular formula is C15H27N3O4Si. The molecule has 0 radical (unpaired) electrons. The van der Waals surface area contributed by atoms with Crippen LogP contribution in [0.3, 0.4) is 0 Å². The Morgan fingerprint density at radius 2 is 1.83 bits per heavy atom. The number of amides is 2. The van der Waals surface area contributed by atoms with Gasteiger partial charge in [0.25, 0.3) is 0 Å². The van der Waals surface area contributed by atoms with Crippen molar-refractivity contribution in [1.82, 2.24) is 10.3 Å². The number of rotatable bonds is 11. The molecule has 7 nitrogen and oxygen atoms in total. The molecule has 1 rings (SSSR count). The van der Waals surface area contributed by atoms with E-state index in [9.17, 15) is 4.79 Å². The highest BCUT2D eigenvalue weighted by atomic mass is 28.4. The molecule has 3 N–H and O–H groups in total. The first-order chi connectivity index (χ1) is 11.1. The fraction of sp³-hybridized carbons (Fsp3) is 0.600. The average molecular weight is 341 g/mol. The Morgan fingerprint density at radius 3 is 2.26 bits per heavy atom. The van der Waals surface area contributed by atoms with Crippen LogP contribution in [0.1, 0.15) is 32.9 Å². The van der Waals surface area contributed by atoms with Gasteiger partial charge in [0.05, 0.1) is 0 Å². The van der Waals surface area contributed by atoms with Crippen LogP contribution in [0.5, 0.6) is 0 Å². The highest BCUT2D eigenvalue weighted by Gasteiger charge is 2.49. The summed E-state index contributed by atoms with van der Waals surface area (Å²) in [5, 5.41) is 2.74. The quantitative estimate of drug-likeness (QED) is 0.597. The van der Waals surface area contributed by atoms with E-state index < -0.39 is 20.5 Å². The molecule has 0 saturated heterocycles. The highest BCUT2D eigenvalue weighted by Crippen LogP contribution is 2.19. The van der Waals surface area contributed by atoms with Crippen LogP contribution in [0.2, 0.25) is 0 Å². The molecule has 1 aromatic heterocycles. The molecule has 23 heavy (non-hydrogen) atoms. The first kappa shape index (κ1) is 19.6. The van der Waals surface area contributed by atoms with Crippen LogP contribution in [-0.2, 0) is 19.7 Å². The first-order valence-corrected chi connectivity index (χ1v) is 9.75. The molecule has 0 saturated carbocycles. The lowest BCUT2D eigenvalue weighted by atomic mass is 10.2. The van der Waals surface area contributed by atoms with Crippen molar-refractivity contribution >= 4 is 14.8 Å². The van der Waals surface area contributed by atoms with Gasteiger partial charge in [0.15, 0.2) is 0 Å². The second-order valence-electron chi connectivity index (χ2n) is 4.82. The van der Waals surface area contributed by atoms with Crippen molar-refractivity contribution < 1.29 is 18.1 Å². The zero-order valence-electron chi connectivity index (χ0n) is 14.1. The van der Waals surface area contributed by atoms with Gasteiger partial charge in [-0.05, 0) is 45.7 Å². The molecule has 0 bridgehead atoms. The molecule has 2 amide bonds. The third-order valence-electron chi connectivity index (χ3n) is 3.20. The molecule has 1 heterocycles. The number of nitrogens with two attached hydrogens (primary N) is 1. The molecule has 130 valence electrons. The number of carbonyl (C=O) groups excluding carboxylic acids is 1. The molecule has 0 aliphatic rings. The van der Waals surface area contributed by atoms with Crippen molar-refractivity contribution in [1.29, 1.82) is 0 Å². The monoisotopic (exact) mass is 341 g/mol. The van der Waals surface area contributed by atoms with Crippen LogP contribution in [0.4, 0.5) is 4.79 Å². The molecular weight excluding hydrogens is 314 g/mol. The van der Waals surface area contributed by atoms with Gasteiger partial charge in [-0.3, -0.25) is 4.98 Å². The second kappa shape index (κ2) is 10.3. The number of carbonyl (C=O) groups is 1. The van der Waals surface area contributed by atoms with Gasteiger partial charge in [-0.2, -0.15) is 0 Å². The molecule has 0 aliphatic heterocycles. The summed E-state index contributed by atoms with van der Waals surface area (Å²) in [6, 6.07) is 5.11. The fourth-order valence-corrected chi connectivity index (χ4v) is 5.26. The van der Waals surface area contributed by atoms with Crippen LogP contribution in [0, 0.1) is 0 Å². The minimum atomic E-state index is -3.08. The van der Waals surface area contributed by atoms with Crippen LogP contribution in [-0.4, -0.2) is 45.3 Å². The van der Waals surface area contributed by atoms with Gasteiger partial charge in [0.2, 0.25) is 0 Å². The first-order valence-electron chi connectivity index (χ1n) is 7.95. The average Bonchev–Trinajstić information content (AvgIpc) is 2.52. The number of urea groups is 1. The van der Waals surface area contributed by atoms with Crippen molar-refractivity contribution in [2.45, 2.75) is 39.3 Å². The van der Waals surface area contributed by atoms with E-state index in [0.717, 1.165) is 5.69 Å². The zero-order chi connectivity index (χ0) is 17.1. The fourth-order valence-electron chi connectivity index (χ4n) is 2.38. The van der Waals surface area contributed by atoms with E-state index in [1.54, 1.807) is 6.20 Å². The molecule has 0 fully saturated rings. The largest absolute Gasteiger partial charge is 0.524 e. The summed E-state index contributed by atoms with van der Waals surface area (Å²) in [5.41, 5.74) is 5.85. The van der Waals surface area contributed by atoms with Gasteiger partial charge in [-0.25, -0.2) is 4.79 Å². The predicted octanol–water partition coefficient (Wildman–Crippen LogP) is 1.64. The van der Waals surface area contributed by atoms with Gasteiger partial charge >= 0.3 is 14.8 Å². The summed E-state index contributed by atoms with van der Waals surface area (Å²) in [6.45, 7) is 6.94. The number of aryl methyl sites for hydroxylation is 1. The summed E-state index contributed by atoms with van der Waals surface area (Å²) >= 11 is 0. The van der Waals surface area contributed by atoms with E-state index in [1.165, 1.54) is 0 Å². The molecule has 1 aromatic rings. The Morgan fingerprint density at radius 1 is 1.22 bits per heavy atom. The van der Waals surface area contributed by atoms with E-state index >= 15 is 0 Å². The Labute approximate surface area is 138 Å². The maximum Gasteiger partial charge on any atom is 0.524 e. The van der Waals surface area contributed by atoms with Gasteiger partial charge in [-0.1, -0.05) is 6.07 Å². The van der Waals surface area contributed by atoms with Crippen molar-refractivity contribution in [2.75, 3.05) is 19.8 Å². The normalized spacial score (nSPS) is 12.8. The Hall–Kier alpha value is -1.48. The van der Waals surface area contributed by atoms with Gasteiger partial charge in [0, 0.05) is 31.7 Å². The number of aromatic nitrogens is 1. The number of hydrogen-bond acceptors (Lipinski definition) is 5. The van der Waals surface area contributed by atoms with E-state index in [2.05, 4.69) is 10.3 Å². The molecule has 0 spiro atoms. The number of hydrogen-bond donors (Lipinski definition) is 2. The summed E-state index contributed by atoms with van der Waals surface area (Å²) in [7, 11) is -3.08. The molecule has 8 heteroatoms. The lowest BCUT2D eigenvalue weighted by Crippen LogP contribution is -2.63. The molecule has 0 aromatic carbocycles. The molecule has 1 atom stereocenters. The Kier molecular flexibility index (Phi) is 8.78. The topological polar surface area (TPSA) is 95.7 Å². The highest BCUT2D eigenvalue weighted by molar-refractivity contribution is 6.62. The maximum absolute atomic E-state index is 11.4. The summed E-state index contributed by atoms with van der Waals surface area (Å²) in [5.74, 6) is 0. The third kappa shape index (κ3) is 6.26. The Bertz CT molecular complexity index is 444. The van der Waals surface area contributed by atoms with Gasteiger partial charge in [0.1, 0.15) is 5.67 Å². The number of primary amides is 1. The van der Waals surface area contributed by atoms with Crippen LogP contribution in [0.25, 0.3) is 0 Å². The van der Waals surface area contributed by atoms with E-state index in [0.29, 0.717) is 32.7 Å². The number of nitrogens with one attached hydrogen (secondary N) is 1. The maximum atomic E-state index is 11.4. The van der Waals surface area contributed by atoms with Gasteiger partial charge < -0.3 is 24.3 Å². The lowest BCUT2D eigenvalue weighted by Gasteiger charge is -2.35. The minimum absolute atomic E-state index is 0.415. The number of pyridine rings is 1. The third-order valence-corrected chi connectivity index (χ3v) is 6.55. The van der Waals surface area contributed by atoms with E-state index in [1.807, 2.05) is 39.0 Å². The molecule has 1 unspecified atom stereocenters.